The van der Waals surface area contributed by atoms with Crippen LogP contribution in [0.2, 0.25) is 0 Å². The second kappa shape index (κ2) is 15.0. The summed E-state index contributed by atoms with van der Waals surface area (Å²) in [7, 11) is 0. The van der Waals surface area contributed by atoms with Crippen LogP contribution in [0.1, 0.15) is 25.0 Å². The number of fused-ring (bicyclic) bond motifs is 7. The molecule has 0 saturated carbocycles. The number of aromatic nitrogens is 2. The van der Waals surface area contributed by atoms with Gasteiger partial charge in [-0.25, -0.2) is 4.98 Å². The number of nitrogens with zero attached hydrogens (tertiary/aromatic N) is 4. The molecule has 0 bridgehead atoms. The van der Waals surface area contributed by atoms with Crippen LogP contribution in [-0.4, -0.2) is 9.55 Å². The van der Waals surface area contributed by atoms with Crippen LogP contribution in [0.5, 0.6) is 0 Å². The van der Waals surface area contributed by atoms with Gasteiger partial charge in [0.25, 0.3) is 0 Å². The number of benzene rings is 10. The summed E-state index contributed by atoms with van der Waals surface area (Å²) < 4.78 is 2.34. The van der Waals surface area contributed by atoms with E-state index < -0.39 is 0 Å². The average molecular weight is 821 g/mol. The molecule has 11 aromatic rings. The van der Waals surface area contributed by atoms with Crippen LogP contribution in [0.15, 0.2) is 231 Å². The van der Waals surface area contributed by atoms with Crippen molar-refractivity contribution in [3.63, 3.8) is 0 Å². The van der Waals surface area contributed by atoms with Crippen LogP contribution in [0.3, 0.4) is 0 Å². The minimum atomic E-state index is -0.186. The highest BCUT2D eigenvalue weighted by Gasteiger charge is 2.37. The van der Waals surface area contributed by atoms with E-state index >= 15 is 0 Å². The summed E-state index contributed by atoms with van der Waals surface area (Å²) in [5.74, 6) is 0.911. The van der Waals surface area contributed by atoms with E-state index in [2.05, 4.69) is 259 Å². The van der Waals surface area contributed by atoms with Gasteiger partial charge in [-0.15, -0.1) is 0 Å². The Morgan fingerprint density at radius 3 is 1.52 bits per heavy atom. The summed E-state index contributed by atoms with van der Waals surface area (Å²) >= 11 is 0. The van der Waals surface area contributed by atoms with Crippen LogP contribution < -0.4 is 9.80 Å². The Balaban J connectivity index is 0.986. The summed E-state index contributed by atoms with van der Waals surface area (Å²) in [5, 5.41) is 5.12. The van der Waals surface area contributed by atoms with Gasteiger partial charge in [-0.3, -0.25) is 4.57 Å². The molecule has 1 heterocycles. The maximum atomic E-state index is 5.48. The van der Waals surface area contributed by atoms with Gasteiger partial charge in [0, 0.05) is 50.8 Å². The summed E-state index contributed by atoms with van der Waals surface area (Å²) in [5.41, 5.74) is 15.7. The Kier molecular flexibility index (Phi) is 8.80. The molecule has 0 unspecified atom stereocenters. The Hall–Kier alpha value is -8.21. The van der Waals surface area contributed by atoms with E-state index in [1.807, 2.05) is 0 Å². The van der Waals surface area contributed by atoms with Crippen molar-refractivity contribution in [3.8, 4) is 28.2 Å². The maximum absolute atomic E-state index is 5.48. The van der Waals surface area contributed by atoms with Crippen LogP contribution in [0, 0.1) is 0 Å². The maximum Gasteiger partial charge on any atom is 0.145 e. The van der Waals surface area contributed by atoms with E-state index in [1.54, 1.807) is 0 Å². The van der Waals surface area contributed by atoms with E-state index in [0.29, 0.717) is 0 Å². The molecule has 1 aliphatic rings. The molecule has 0 N–H and O–H groups in total. The van der Waals surface area contributed by atoms with Gasteiger partial charge in [0.15, 0.2) is 0 Å². The van der Waals surface area contributed by atoms with Crippen molar-refractivity contribution in [3.05, 3.63) is 242 Å². The zero-order valence-electron chi connectivity index (χ0n) is 35.7. The lowest BCUT2D eigenvalue weighted by atomic mass is 9.81. The molecule has 0 spiro atoms. The van der Waals surface area contributed by atoms with Crippen LogP contribution in [0.4, 0.5) is 34.1 Å². The SMILES string of the molecule is CC1(C)c2cc3ccc4ccccc4c3cc2-c2cc3c(cc21)nc(-c1ccc(N(c2ccccc2)c2cccc(N(c4ccccc4)c4ccccc4)c2)cc1)n3-c1ccccc1. The van der Waals surface area contributed by atoms with Crippen LogP contribution in [0.25, 0.3) is 60.8 Å². The minimum absolute atomic E-state index is 0.186. The zero-order chi connectivity index (χ0) is 42.8. The van der Waals surface area contributed by atoms with Gasteiger partial charge in [0.1, 0.15) is 5.82 Å². The monoisotopic (exact) mass is 820 g/mol. The van der Waals surface area contributed by atoms with Gasteiger partial charge >= 0.3 is 0 Å². The lowest BCUT2D eigenvalue weighted by Crippen LogP contribution is -2.15. The third-order valence-electron chi connectivity index (χ3n) is 13.1. The van der Waals surface area contributed by atoms with E-state index in [-0.39, 0.29) is 5.41 Å². The lowest BCUT2D eigenvalue weighted by molar-refractivity contribution is 0.662. The van der Waals surface area contributed by atoms with E-state index in [0.717, 1.165) is 62.2 Å². The molecule has 0 aliphatic heterocycles. The molecule has 64 heavy (non-hydrogen) atoms. The topological polar surface area (TPSA) is 24.3 Å². The Morgan fingerprint density at radius 2 is 0.891 bits per heavy atom. The molecule has 0 amide bonds. The molecule has 0 radical (unpaired) electrons. The van der Waals surface area contributed by atoms with E-state index in [1.165, 1.54) is 43.8 Å². The standard InChI is InChI=1S/C60H44N4/c1-60(2)55-36-43-31-30-41-18-15-16-29-51(41)52(43)38-53(55)54-39-58-57(40-56(54)60)61-59(64(58)47-25-13-6-14-26-47)42-32-34-48(35-33-42)63(46-23-11-5-12-24-46)50-28-17-27-49(37-50)62(44-19-7-3-8-20-44)45-21-9-4-10-22-45/h3-40H,1-2H3. The number of hydrogen-bond donors (Lipinski definition) is 0. The third-order valence-corrected chi connectivity index (χ3v) is 13.1. The fraction of sp³-hybridized carbons (Fsp3) is 0.0500. The van der Waals surface area contributed by atoms with Crippen molar-refractivity contribution >= 4 is 66.7 Å². The van der Waals surface area contributed by atoms with Crippen LogP contribution in [-0.2, 0) is 5.41 Å². The number of imidazole rings is 1. The second-order valence-electron chi connectivity index (χ2n) is 17.3. The molecule has 4 heteroatoms. The fourth-order valence-corrected chi connectivity index (χ4v) is 9.99. The van der Waals surface area contributed by atoms with Crippen molar-refractivity contribution in [2.24, 2.45) is 0 Å². The first-order valence-electron chi connectivity index (χ1n) is 22.0. The summed E-state index contributed by atoms with van der Waals surface area (Å²) in [6.45, 7) is 4.72. The van der Waals surface area contributed by atoms with Crippen molar-refractivity contribution in [1.82, 2.24) is 9.55 Å². The van der Waals surface area contributed by atoms with Gasteiger partial charge in [0.05, 0.1) is 11.0 Å². The van der Waals surface area contributed by atoms with E-state index in [9.17, 15) is 0 Å². The van der Waals surface area contributed by atoms with Gasteiger partial charge in [-0.1, -0.05) is 129 Å². The predicted molar refractivity (Wildman–Crippen MR) is 268 cm³/mol. The van der Waals surface area contributed by atoms with Crippen molar-refractivity contribution in [2.45, 2.75) is 19.3 Å². The smallest absolute Gasteiger partial charge is 0.145 e. The number of para-hydroxylation sites is 4. The van der Waals surface area contributed by atoms with Crippen molar-refractivity contribution in [2.75, 3.05) is 9.80 Å². The van der Waals surface area contributed by atoms with Crippen LogP contribution >= 0.6 is 0 Å². The number of rotatable bonds is 8. The quantitative estimate of drug-likeness (QED) is 0.143. The first kappa shape index (κ1) is 37.5. The molecule has 304 valence electrons. The molecule has 0 fully saturated rings. The Bertz CT molecular complexity index is 3460. The van der Waals surface area contributed by atoms with Gasteiger partial charge in [0.2, 0.25) is 0 Å². The molecule has 12 rings (SSSR count). The molecular formula is C60H44N4. The molecule has 1 aliphatic carbocycles. The average Bonchev–Trinajstić information content (AvgIpc) is 3.83. The molecular weight excluding hydrogens is 777 g/mol. The van der Waals surface area contributed by atoms with Gasteiger partial charge in [-0.2, -0.15) is 0 Å². The number of anilines is 6. The molecule has 4 nitrogen and oxygen atoms in total. The minimum Gasteiger partial charge on any atom is -0.310 e. The third kappa shape index (κ3) is 6.18. The first-order valence-corrected chi connectivity index (χ1v) is 22.0. The van der Waals surface area contributed by atoms with Crippen molar-refractivity contribution in [1.29, 1.82) is 0 Å². The van der Waals surface area contributed by atoms with Gasteiger partial charge in [-0.05, 0) is 159 Å². The predicted octanol–water partition coefficient (Wildman–Crippen LogP) is 16.2. The lowest BCUT2D eigenvalue weighted by Gasteiger charge is -2.29. The molecule has 1 aromatic heterocycles. The largest absolute Gasteiger partial charge is 0.310 e. The normalized spacial score (nSPS) is 12.7. The fourth-order valence-electron chi connectivity index (χ4n) is 9.99. The summed E-state index contributed by atoms with van der Waals surface area (Å²) in [4.78, 5) is 10.1. The molecule has 0 saturated heterocycles. The highest BCUT2D eigenvalue weighted by atomic mass is 15.2. The van der Waals surface area contributed by atoms with Crippen molar-refractivity contribution < 1.29 is 0 Å². The number of hydrogen-bond acceptors (Lipinski definition) is 3. The Labute approximate surface area is 373 Å². The molecule has 0 atom stereocenters. The highest BCUT2D eigenvalue weighted by molar-refractivity contribution is 6.10. The Morgan fingerprint density at radius 1 is 0.391 bits per heavy atom. The zero-order valence-corrected chi connectivity index (χ0v) is 35.7. The summed E-state index contributed by atoms with van der Waals surface area (Å²) in [6, 6.07) is 83.0. The van der Waals surface area contributed by atoms with Gasteiger partial charge < -0.3 is 9.80 Å². The summed E-state index contributed by atoms with van der Waals surface area (Å²) in [6.07, 6.45) is 0. The molecule has 10 aromatic carbocycles. The van der Waals surface area contributed by atoms with E-state index in [4.69, 9.17) is 4.98 Å². The second-order valence-corrected chi connectivity index (χ2v) is 17.3. The first-order chi connectivity index (χ1) is 31.5. The highest BCUT2D eigenvalue weighted by Crippen LogP contribution is 2.52.